The molecule has 2 heterocycles. The first-order valence-corrected chi connectivity index (χ1v) is 8.25. The molecule has 4 atom stereocenters. The van der Waals surface area contributed by atoms with Gasteiger partial charge in [-0.2, -0.15) is 0 Å². The molecule has 5 rings (SSSR count). The maximum absolute atomic E-state index is 14.5. The van der Waals surface area contributed by atoms with Gasteiger partial charge in [-0.1, -0.05) is 36.4 Å². The van der Waals surface area contributed by atoms with Crippen LogP contribution in [-0.4, -0.2) is 19.0 Å². The predicted molar refractivity (Wildman–Crippen MR) is 86.1 cm³/mol. The topological polar surface area (TPSA) is 56.8 Å². The zero-order valence-electron chi connectivity index (χ0n) is 13.3. The van der Waals surface area contributed by atoms with Crippen molar-refractivity contribution in [2.24, 2.45) is 11.8 Å². The number of hydrogen-bond acceptors (Lipinski definition) is 4. The molecule has 2 aromatic carbocycles. The van der Waals surface area contributed by atoms with Gasteiger partial charge in [0.05, 0.1) is 12.5 Å². The summed E-state index contributed by atoms with van der Waals surface area (Å²) in [7, 11) is 0. The zero-order chi connectivity index (χ0) is 17.0. The van der Waals surface area contributed by atoms with Gasteiger partial charge in [0.1, 0.15) is 18.0 Å². The van der Waals surface area contributed by atoms with Crippen LogP contribution in [0.5, 0.6) is 0 Å². The third kappa shape index (κ3) is 2.18. The van der Waals surface area contributed by atoms with Crippen LogP contribution in [0, 0.1) is 17.7 Å². The molecule has 1 unspecified atom stereocenters. The minimum Gasteiger partial charge on any atom is -0.444 e. The highest BCUT2D eigenvalue weighted by molar-refractivity contribution is 5.84. The molecule has 0 aromatic heterocycles. The maximum Gasteiger partial charge on any atom is 0.411 e. The molecule has 0 spiro atoms. The van der Waals surface area contributed by atoms with Gasteiger partial charge in [-0.25, -0.2) is 9.18 Å². The number of rotatable bonds is 4. The standard InChI is InChI=1S/C19H16FNO4/c20-15-8-12(21-18(22)24-9-11-4-2-1-3-5-11)6-7-13(15)19-14-10-23-17(25-19)16(14)19/h1-8,14,16-17H,9-10H2,(H,21,22)/t14-,16?,17-,19+/m0/s1. The smallest absolute Gasteiger partial charge is 0.411 e. The van der Waals surface area contributed by atoms with Crippen molar-refractivity contribution in [2.45, 2.75) is 18.5 Å². The number of carbonyl (C=O) groups is 1. The molecule has 1 amide bonds. The average Bonchev–Trinajstić information content (AvgIpc) is 2.92. The van der Waals surface area contributed by atoms with E-state index in [1.807, 2.05) is 30.3 Å². The van der Waals surface area contributed by atoms with Crippen LogP contribution in [0.3, 0.4) is 0 Å². The molecule has 3 fully saturated rings. The Kier molecular flexibility index (Phi) is 3.14. The Morgan fingerprint density at radius 1 is 1.28 bits per heavy atom. The molecule has 128 valence electrons. The van der Waals surface area contributed by atoms with Crippen LogP contribution >= 0.6 is 0 Å². The molecule has 2 saturated heterocycles. The molecule has 5 nitrogen and oxygen atoms in total. The number of nitrogens with one attached hydrogen (secondary N) is 1. The van der Waals surface area contributed by atoms with E-state index in [0.717, 1.165) is 5.56 Å². The van der Waals surface area contributed by atoms with Crippen molar-refractivity contribution in [3.63, 3.8) is 0 Å². The summed E-state index contributed by atoms with van der Waals surface area (Å²) in [6, 6.07) is 14.0. The second-order valence-corrected chi connectivity index (χ2v) is 6.63. The number of benzene rings is 2. The SMILES string of the molecule is O=C(Nc1ccc([C@@]23O[C@@H]4OC[C@H]2C43)c(F)c1)OCc1ccccc1. The fraction of sp³-hybridized carbons (Fsp3) is 0.316. The number of halogens is 1. The Morgan fingerprint density at radius 2 is 2.12 bits per heavy atom. The average molecular weight is 341 g/mol. The molecule has 0 bridgehead atoms. The molecule has 1 saturated carbocycles. The van der Waals surface area contributed by atoms with E-state index >= 15 is 0 Å². The summed E-state index contributed by atoms with van der Waals surface area (Å²) >= 11 is 0. The van der Waals surface area contributed by atoms with Crippen LogP contribution in [0.1, 0.15) is 11.1 Å². The van der Waals surface area contributed by atoms with Gasteiger partial charge >= 0.3 is 6.09 Å². The van der Waals surface area contributed by atoms with Crippen molar-refractivity contribution in [1.82, 2.24) is 0 Å². The molecule has 1 aliphatic carbocycles. The first kappa shape index (κ1) is 14.9. The Balaban J connectivity index is 1.23. The second-order valence-electron chi connectivity index (χ2n) is 6.63. The molecule has 2 aromatic rings. The molecule has 3 aliphatic rings. The van der Waals surface area contributed by atoms with E-state index in [0.29, 0.717) is 17.9 Å². The Bertz CT molecular complexity index is 837. The highest BCUT2D eigenvalue weighted by atomic mass is 19.1. The second kappa shape index (κ2) is 5.28. The van der Waals surface area contributed by atoms with E-state index in [-0.39, 0.29) is 30.5 Å². The van der Waals surface area contributed by atoms with Gasteiger partial charge in [-0.05, 0) is 17.7 Å². The van der Waals surface area contributed by atoms with Gasteiger partial charge in [-0.15, -0.1) is 0 Å². The highest BCUT2D eigenvalue weighted by Crippen LogP contribution is 2.75. The van der Waals surface area contributed by atoms with Crippen molar-refractivity contribution in [2.75, 3.05) is 11.9 Å². The lowest BCUT2D eigenvalue weighted by Crippen LogP contribution is -2.42. The van der Waals surface area contributed by atoms with Gasteiger partial charge < -0.3 is 14.2 Å². The number of carbonyl (C=O) groups excluding carboxylic acids is 1. The number of hydrogen-bond donors (Lipinski definition) is 1. The molecule has 2 aliphatic heterocycles. The predicted octanol–water partition coefficient (Wildman–Crippen LogP) is 3.40. The number of ether oxygens (including phenoxy) is 3. The number of fused-ring (bicyclic) bond motifs is 1. The summed E-state index contributed by atoms with van der Waals surface area (Å²) < 4.78 is 30.7. The van der Waals surface area contributed by atoms with E-state index in [2.05, 4.69) is 5.32 Å². The zero-order valence-corrected chi connectivity index (χ0v) is 13.3. The summed E-state index contributed by atoms with van der Waals surface area (Å²) in [5.74, 6) is 0.145. The minimum absolute atomic E-state index is 0.162. The number of amides is 1. The first-order chi connectivity index (χ1) is 12.2. The largest absolute Gasteiger partial charge is 0.444 e. The molecule has 0 radical (unpaired) electrons. The van der Waals surface area contributed by atoms with Crippen LogP contribution < -0.4 is 5.32 Å². The lowest BCUT2D eigenvalue weighted by atomic mass is 9.99. The van der Waals surface area contributed by atoms with Gasteiger partial charge in [0.2, 0.25) is 0 Å². The fourth-order valence-corrected chi connectivity index (χ4v) is 4.01. The lowest BCUT2D eigenvalue weighted by molar-refractivity contribution is -0.279. The van der Waals surface area contributed by atoms with Crippen molar-refractivity contribution in [3.8, 4) is 0 Å². The minimum atomic E-state index is -0.620. The normalized spacial score (nSPS) is 31.0. The first-order valence-electron chi connectivity index (χ1n) is 8.25. The molecular weight excluding hydrogens is 325 g/mol. The van der Waals surface area contributed by atoms with Crippen molar-refractivity contribution in [3.05, 3.63) is 65.5 Å². The molecule has 6 heteroatoms. The third-order valence-electron chi connectivity index (χ3n) is 5.26. The van der Waals surface area contributed by atoms with Crippen LogP contribution in [0.25, 0.3) is 0 Å². The summed E-state index contributed by atoms with van der Waals surface area (Å²) in [4.78, 5) is 11.9. The quantitative estimate of drug-likeness (QED) is 0.926. The summed E-state index contributed by atoms with van der Waals surface area (Å²) in [6.45, 7) is 0.787. The van der Waals surface area contributed by atoms with Crippen LogP contribution in [0.15, 0.2) is 48.5 Å². The highest BCUT2D eigenvalue weighted by Gasteiger charge is 2.83. The van der Waals surface area contributed by atoms with E-state index in [9.17, 15) is 9.18 Å². The van der Waals surface area contributed by atoms with E-state index < -0.39 is 11.7 Å². The lowest BCUT2D eigenvalue weighted by Gasteiger charge is -2.37. The summed E-state index contributed by atoms with van der Waals surface area (Å²) in [5.41, 5.74) is 1.29. The van der Waals surface area contributed by atoms with E-state index in [1.54, 1.807) is 12.1 Å². The van der Waals surface area contributed by atoms with Gasteiger partial charge in [0, 0.05) is 17.2 Å². The Morgan fingerprint density at radius 3 is 2.80 bits per heavy atom. The molecule has 1 N–H and O–H groups in total. The van der Waals surface area contributed by atoms with Crippen LogP contribution in [0.2, 0.25) is 0 Å². The summed E-state index contributed by atoms with van der Waals surface area (Å²) in [5, 5.41) is 2.55. The number of anilines is 1. The molecular formula is C19H16FNO4. The third-order valence-corrected chi connectivity index (χ3v) is 5.26. The molecule has 25 heavy (non-hydrogen) atoms. The Labute approximate surface area is 143 Å². The van der Waals surface area contributed by atoms with Crippen molar-refractivity contribution >= 4 is 11.8 Å². The van der Waals surface area contributed by atoms with Crippen LogP contribution in [0.4, 0.5) is 14.9 Å². The monoisotopic (exact) mass is 341 g/mol. The van der Waals surface area contributed by atoms with Gasteiger partial charge in [-0.3, -0.25) is 5.32 Å². The Hall–Kier alpha value is -2.44. The van der Waals surface area contributed by atoms with Crippen molar-refractivity contribution < 1.29 is 23.4 Å². The summed E-state index contributed by atoms with van der Waals surface area (Å²) in [6.07, 6.45) is -0.791. The van der Waals surface area contributed by atoms with E-state index in [4.69, 9.17) is 14.2 Å². The maximum atomic E-state index is 14.5. The van der Waals surface area contributed by atoms with Gasteiger partial charge in [0.15, 0.2) is 6.29 Å². The van der Waals surface area contributed by atoms with Crippen LogP contribution in [-0.2, 0) is 26.4 Å². The fourth-order valence-electron chi connectivity index (χ4n) is 4.01. The van der Waals surface area contributed by atoms with E-state index in [1.165, 1.54) is 6.07 Å². The van der Waals surface area contributed by atoms with Crippen molar-refractivity contribution in [1.29, 1.82) is 0 Å². The van der Waals surface area contributed by atoms with Gasteiger partial charge in [0.25, 0.3) is 0 Å².